The summed E-state index contributed by atoms with van der Waals surface area (Å²) in [6.45, 7) is 7.95. The zero-order valence-electron chi connectivity index (χ0n) is 32.0. The van der Waals surface area contributed by atoms with Gasteiger partial charge in [0.1, 0.15) is 23.9 Å². The molecule has 16 heteroatoms. The van der Waals surface area contributed by atoms with Crippen molar-refractivity contribution in [3.8, 4) is 5.88 Å². The monoisotopic (exact) mass is 781 g/mol. The van der Waals surface area contributed by atoms with Crippen molar-refractivity contribution < 1.29 is 27.8 Å². The molecule has 5 aliphatic rings. The number of imide groups is 1. The average Bonchev–Trinajstić information content (AvgIpc) is 3.73. The number of carbonyl (C=O) groups excluding carboxylic acids is 3. The Morgan fingerprint density at radius 3 is 2.68 bits per heavy atom. The lowest BCUT2D eigenvalue weighted by molar-refractivity contribution is -0.132. The number of nitrogens with zero attached hydrogens (tertiary/aromatic N) is 8. The molecule has 0 bridgehead atoms. The second-order valence-electron chi connectivity index (χ2n) is 15.5. The van der Waals surface area contributed by atoms with Crippen LogP contribution in [0.1, 0.15) is 63.8 Å². The number of anilines is 5. The molecule has 1 aromatic carbocycles. The fourth-order valence-corrected chi connectivity index (χ4v) is 8.78. The van der Waals surface area contributed by atoms with Gasteiger partial charge in [-0.1, -0.05) is 12.1 Å². The maximum absolute atomic E-state index is 15.4. The van der Waals surface area contributed by atoms with Crippen molar-refractivity contribution in [2.24, 2.45) is 0 Å². The van der Waals surface area contributed by atoms with Gasteiger partial charge >= 0.3 is 6.03 Å². The molecule has 7 heterocycles. The first-order chi connectivity index (χ1) is 27.8. The predicted molar refractivity (Wildman–Crippen MR) is 218 cm³/mol. The third-order valence-electron chi connectivity index (χ3n) is 12.0. The summed E-state index contributed by atoms with van der Waals surface area (Å²) in [6.07, 6.45) is 9.74. The Hall–Kier alpha value is -5.90. The number of carbonyl (C=O) groups is 3. The van der Waals surface area contributed by atoms with E-state index in [1.807, 2.05) is 35.6 Å². The number of pyridine rings is 2. The first-order valence-electron chi connectivity index (χ1n) is 19.9. The second-order valence-corrected chi connectivity index (χ2v) is 15.5. The lowest BCUT2D eigenvalue weighted by atomic mass is 9.99. The molecule has 15 nitrogen and oxygen atoms in total. The molecular weight excluding hydrogens is 730 g/mol. The highest BCUT2D eigenvalue weighted by molar-refractivity contribution is 6.05. The molecule has 3 fully saturated rings. The summed E-state index contributed by atoms with van der Waals surface area (Å²) < 4.78 is 21.1. The van der Waals surface area contributed by atoms with Crippen molar-refractivity contribution in [3.63, 3.8) is 0 Å². The van der Waals surface area contributed by atoms with E-state index in [4.69, 9.17) is 9.72 Å². The number of rotatable bonds is 8. The predicted octanol–water partition coefficient (Wildman–Crippen LogP) is 5.03. The minimum Gasteiger partial charge on any atom is -0.474 e. The van der Waals surface area contributed by atoms with Crippen LogP contribution in [0.3, 0.4) is 0 Å². The van der Waals surface area contributed by atoms with Crippen LogP contribution in [0.15, 0.2) is 48.9 Å². The number of ether oxygens (including phenoxy) is 1. The molecule has 1 aliphatic carbocycles. The van der Waals surface area contributed by atoms with Crippen molar-refractivity contribution in [1.29, 1.82) is 0 Å². The zero-order chi connectivity index (χ0) is 39.0. The molecule has 4 aliphatic heterocycles. The van der Waals surface area contributed by atoms with E-state index < -0.39 is 11.8 Å². The Bertz CT molecular complexity index is 2210. The van der Waals surface area contributed by atoms with E-state index in [0.29, 0.717) is 73.6 Å². The maximum atomic E-state index is 15.4. The van der Waals surface area contributed by atoms with Gasteiger partial charge in [-0.05, 0) is 73.4 Å². The van der Waals surface area contributed by atoms with Crippen LogP contribution in [-0.2, 0) is 29.0 Å². The van der Waals surface area contributed by atoms with E-state index in [9.17, 15) is 14.4 Å². The average molecular weight is 782 g/mol. The number of hydrogen-bond acceptors (Lipinski definition) is 12. The van der Waals surface area contributed by atoms with Gasteiger partial charge in [-0.3, -0.25) is 24.7 Å². The SMILES string of the molecule is Cc1c(N2CCc3cnc(Nc4ccc(CC(=O)N5CCN(C6CCC(c7ccc(N8CCC(=O)NC8=O)nc7)C6)CC5)c(F)c4)nc3C2)cnc2c1NCCO2.[HH].[HH].[HH]. The third-order valence-corrected chi connectivity index (χ3v) is 12.0. The molecule has 4 amide bonds. The smallest absolute Gasteiger partial charge is 0.329 e. The standard InChI is InChI=1S/C41H46FN11O4.3H2/c1-25-34(23-45-39-38(25)43-10-17-57-39)52-11-8-29-22-46-40(48-33(29)24-52)47-30-5-2-27(32(42)20-30)19-37(55)51-15-13-50(14-16-51)31-6-3-26(18-31)28-4-7-35(44-21-28)53-12-9-36(54)49-41(53)56;;;/h2,4-5,7,20-23,26,31,43H,3,6,8-19,24H2,1H3,(H,46,47,48)(H,49,54,56);3*1H. The molecule has 1 saturated carbocycles. The number of amides is 4. The van der Waals surface area contributed by atoms with E-state index in [-0.39, 0.29) is 28.9 Å². The lowest BCUT2D eigenvalue weighted by Gasteiger charge is -2.38. The van der Waals surface area contributed by atoms with E-state index in [1.54, 1.807) is 12.1 Å². The Morgan fingerprint density at radius 2 is 1.88 bits per heavy atom. The highest BCUT2D eigenvalue weighted by Crippen LogP contribution is 2.38. The summed E-state index contributed by atoms with van der Waals surface area (Å²) in [7, 11) is 0. The van der Waals surface area contributed by atoms with Crippen LogP contribution in [0, 0.1) is 12.7 Å². The quantitative estimate of drug-likeness (QED) is 0.219. The van der Waals surface area contributed by atoms with Crippen molar-refractivity contribution >= 4 is 46.7 Å². The summed E-state index contributed by atoms with van der Waals surface area (Å²) in [4.78, 5) is 63.5. The molecule has 2 saturated heterocycles. The van der Waals surface area contributed by atoms with Gasteiger partial charge in [0.15, 0.2) is 0 Å². The van der Waals surface area contributed by atoms with Crippen LogP contribution in [0.2, 0.25) is 0 Å². The van der Waals surface area contributed by atoms with Crippen LogP contribution >= 0.6 is 0 Å². The number of aromatic nitrogens is 4. The van der Waals surface area contributed by atoms with Gasteiger partial charge < -0.3 is 25.2 Å². The number of hydrogen-bond donors (Lipinski definition) is 3. The summed E-state index contributed by atoms with van der Waals surface area (Å²) in [6, 6.07) is 8.72. The third kappa shape index (κ3) is 7.65. The first-order valence-corrected chi connectivity index (χ1v) is 19.9. The summed E-state index contributed by atoms with van der Waals surface area (Å²) in [5.41, 5.74) is 7.08. The molecule has 9 rings (SSSR count). The van der Waals surface area contributed by atoms with E-state index in [1.165, 1.54) is 11.0 Å². The Morgan fingerprint density at radius 1 is 1.00 bits per heavy atom. The second kappa shape index (κ2) is 15.6. The molecule has 0 spiro atoms. The minimum absolute atomic E-state index is 0. The van der Waals surface area contributed by atoms with E-state index in [0.717, 1.165) is 85.6 Å². The molecular formula is C41H52FN11O4. The van der Waals surface area contributed by atoms with Crippen molar-refractivity contribution in [2.45, 2.75) is 64.0 Å². The normalized spacial score (nSPS) is 21.0. The molecule has 2 unspecified atom stereocenters. The minimum atomic E-state index is -0.446. The lowest BCUT2D eigenvalue weighted by Crippen LogP contribution is -2.51. The largest absolute Gasteiger partial charge is 0.474 e. The van der Waals surface area contributed by atoms with E-state index in [2.05, 4.69) is 47.6 Å². The molecule has 2 atom stereocenters. The number of urea groups is 1. The Labute approximate surface area is 334 Å². The molecule has 302 valence electrons. The Kier molecular flexibility index (Phi) is 10.0. The number of piperazine rings is 1. The van der Waals surface area contributed by atoms with Crippen LogP contribution in [0.5, 0.6) is 5.88 Å². The summed E-state index contributed by atoms with van der Waals surface area (Å²) in [5, 5.41) is 8.91. The van der Waals surface area contributed by atoms with Gasteiger partial charge in [0.05, 0.1) is 30.5 Å². The number of benzene rings is 1. The fraction of sp³-hybridized carbons (Fsp3) is 0.439. The van der Waals surface area contributed by atoms with Gasteiger partial charge in [0.25, 0.3) is 0 Å². The van der Waals surface area contributed by atoms with Crippen molar-refractivity contribution in [1.82, 2.24) is 35.1 Å². The van der Waals surface area contributed by atoms with Crippen LogP contribution in [-0.4, -0.2) is 106 Å². The number of nitrogens with one attached hydrogen (secondary N) is 3. The van der Waals surface area contributed by atoms with Crippen molar-refractivity contribution in [3.05, 3.63) is 82.7 Å². The van der Waals surface area contributed by atoms with Crippen molar-refractivity contribution in [2.75, 3.05) is 72.9 Å². The Balaban J connectivity index is 0.00000201. The maximum Gasteiger partial charge on any atom is 0.329 e. The number of fused-ring (bicyclic) bond motifs is 2. The van der Waals surface area contributed by atoms with Gasteiger partial charge in [0, 0.05) is 86.2 Å². The van der Waals surface area contributed by atoms with E-state index >= 15 is 4.39 Å². The molecule has 0 radical (unpaired) electrons. The van der Waals surface area contributed by atoms with Gasteiger partial charge in [0.2, 0.25) is 23.6 Å². The van der Waals surface area contributed by atoms with Gasteiger partial charge in [-0.15, -0.1) is 0 Å². The highest BCUT2D eigenvalue weighted by Gasteiger charge is 2.34. The summed E-state index contributed by atoms with van der Waals surface area (Å²) >= 11 is 0. The first kappa shape index (κ1) is 36.7. The van der Waals surface area contributed by atoms with Gasteiger partial charge in [-0.25, -0.2) is 29.1 Å². The topological polar surface area (TPSA) is 161 Å². The summed E-state index contributed by atoms with van der Waals surface area (Å²) in [5.74, 6) is 1.15. The zero-order valence-corrected chi connectivity index (χ0v) is 32.0. The van der Waals surface area contributed by atoms with Crippen LogP contribution in [0.4, 0.5) is 38.0 Å². The molecule has 4 aromatic rings. The van der Waals surface area contributed by atoms with Gasteiger partial charge in [-0.2, -0.15) is 0 Å². The molecule has 3 N–H and O–H groups in total. The van der Waals surface area contributed by atoms with Crippen LogP contribution < -0.4 is 30.5 Å². The van der Waals surface area contributed by atoms with Crippen LogP contribution in [0.25, 0.3) is 0 Å². The molecule has 57 heavy (non-hydrogen) atoms. The molecule has 3 aromatic heterocycles. The number of halogens is 1. The highest BCUT2D eigenvalue weighted by atomic mass is 19.1. The fourth-order valence-electron chi connectivity index (χ4n) is 8.78.